The van der Waals surface area contributed by atoms with Crippen LogP contribution in [0, 0.1) is 0 Å². The predicted octanol–water partition coefficient (Wildman–Crippen LogP) is -0.358. The van der Waals surface area contributed by atoms with E-state index in [1.54, 1.807) is 30.5 Å². The normalized spacial score (nSPS) is 14.6. The van der Waals surface area contributed by atoms with E-state index < -0.39 is 0 Å². The van der Waals surface area contributed by atoms with Gasteiger partial charge < -0.3 is 14.5 Å². The van der Waals surface area contributed by atoms with Crippen LogP contribution in [0.25, 0.3) is 0 Å². The van der Waals surface area contributed by atoms with Gasteiger partial charge in [-0.1, -0.05) is 0 Å². The Balaban J connectivity index is 1.65. The fourth-order valence-electron chi connectivity index (χ4n) is 2.63. The first-order chi connectivity index (χ1) is 12.2. The molecule has 0 spiro atoms. The third-order valence-corrected chi connectivity index (χ3v) is 3.99. The number of methoxy groups -OCH3 is 1. The van der Waals surface area contributed by atoms with Crippen LogP contribution in [-0.2, 0) is 11.3 Å². The van der Waals surface area contributed by atoms with E-state index in [9.17, 15) is 9.59 Å². The van der Waals surface area contributed by atoms with Crippen molar-refractivity contribution in [3.8, 4) is 0 Å². The molecule has 1 aliphatic heterocycles. The zero-order chi connectivity index (χ0) is 17.6. The van der Waals surface area contributed by atoms with E-state index in [0.29, 0.717) is 45.3 Å². The first-order valence-corrected chi connectivity index (χ1v) is 8.07. The highest BCUT2D eigenvalue weighted by Gasteiger charge is 2.24. The van der Waals surface area contributed by atoms with Crippen LogP contribution in [0.1, 0.15) is 10.5 Å². The molecule has 2 aromatic heterocycles. The highest BCUT2D eigenvalue weighted by atomic mass is 16.5. The molecule has 132 valence electrons. The van der Waals surface area contributed by atoms with Gasteiger partial charge in [0.05, 0.1) is 13.2 Å². The Morgan fingerprint density at radius 3 is 2.56 bits per heavy atom. The highest BCUT2D eigenvalue weighted by Crippen LogP contribution is 2.11. The molecule has 0 saturated carbocycles. The summed E-state index contributed by atoms with van der Waals surface area (Å²) in [5, 5.41) is 4.16. The van der Waals surface area contributed by atoms with E-state index in [1.165, 1.54) is 16.8 Å². The van der Waals surface area contributed by atoms with E-state index in [2.05, 4.69) is 15.1 Å². The average Bonchev–Trinajstić information content (AvgIpc) is 2.67. The van der Waals surface area contributed by atoms with Crippen LogP contribution in [-0.4, -0.2) is 70.5 Å². The quantitative estimate of drug-likeness (QED) is 0.731. The molecule has 0 unspecified atom stereocenters. The third kappa shape index (κ3) is 4.00. The van der Waals surface area contributed by atoms with Crippen molar-refractivity contribution >= 4 is 11.9 Å². The van der Waals surface area contributed by atoms with Gasteiger partial charge in [0.1, 0.15) is 5.69 Å². The molecular formula is C16H20N6O3. The maximum Gasteiger partial charge on any atom is 0.274 e. The lowest BCUT2D eigenvalue weighted by atomic mass is 10.2. The van der Waals surface area contributed by atoms with Gasteiger partial charge in [-0.25, -0.2) is 14.6 Å². The van der Waals surface area contributed by atoms with Crippen molar-refractivity contribution in [2.75, 3.05) is 44.8 Å². The Labute approximate surface area is 144 Å². The van der Waals surface area contributed by atoms with Gasteiger partial charge >= 0.3 is 0 Å². The fraction of sp³-hybridized carbons (Fsp3) is 0.438. The second kappa shape index (κ2) is 7.84. The number of hydrogen-bond donors (Lipinski definition) is 0. The Bertz CT molecular complexity index is 771. The van der Waals surface area contributed by atoms with Gasteiger partial charge in [0.2, 0.25) is 5.95 Å². The number of piperazine rings is 1. The van der Waals surface area contributed by atoms with Gasteiger partial charge in [0.15, 0.2) is 0 Å². The molecule has 9 heteroatoms. The molecule has 1 fully saturated rings. The van der Waals surface area contributed by atoms with E-state index in [-0.39, 0.29) is 17.2 Å². The van der Waals surface area contributed by atoms with Gasteiger partial charge in [-0.15, -0.1) is 0 Å². The molecule has 0 atom stereocenters. The molecule has 25 heavy (non-hydrogen) atoms. The van der Waals surface area contributed by atoms with Crippen LogP contribution in [0.2, 0.25) is 0 Å². The topological polar surface area (TPSA) is 93.5 Å². The third-order valence-electron chi connectivity index (χ3n) is 3.99. The van der Waals surface area contributed by atoms with Gasteiger partial charge in [-0.3, -0.25) is 9.59 Å². The number of ether oxygens (including phenoxy) is 1. The average molecular weight is 344 g/mol. The van der Waals surface area contributed by atoms with Crippen molar-refractivity contribution < 1.29 is 9.53 Å². The molecule has 1 aliphatic rings. The van der Waals surface area contributed by atoms with Crippen molar-refractivity contribution in [2.24, 2.45) is 0 Å². The minimum atomic E-state index is -0.250. The summed E-state index contributed by atoms with van der Waals surface area (Å²) in [5.74, 6) is 0.487. The first kappa shape index (κ1) is 17.0. The number of rotatable bonds is 5. The number of aromatic nitrogens is 4. The first-order valence-electron chi connectivity index (χ1n) is 8.07. The van der Waals surface area contributed by atoms with E-state index in [1.807, 2.05) is 4.90 Å². The summed E-state index contributed by atoms with van der Waals surface area (Å²) in [7, 11) is 1.55. The predicted molar refractivity (Wildman–Crippen MR) is 90.5 cm³/mol. The number of hydrogen-bond acceptors (Lipinski definition) is 7. The monoisotopic (exact) mass is 344 g/mol. The van der Waals surface area contributed by atoms with Gasteiger partial charge in [0.25, 0.3) is 11.5 Å². The lowest BCUT2D eigenvalue weighted by molar-refractivity contribution is 0.0736. The standard InChI is InChI=1S/C16H20N6O3/c1-25-12-11-22-14(23)4-3-13(19-22)15(24)20-7-9-21(10-8-20)16-17-5-2-6-18-16/h2-6H,7-12H2,1H3. The Morgan fingerprint density at radius 1 is 1.16 bits per heavy atom. The molecule has 0 aromatic carbocycles. The van der Waals surface area contributed by atoms with Crippen molar-refractivity contribution in [1.82, 2.24) is 24.6 Å². The smallest absolute Gasteiger partial charge is 0.274 e. The summed E-state index contributed by atoms with van der Waals surface area (Å²) in [6.45, 7) is 3.08. The molecule has 1 saturated heterocycles. The van der Waals surface area contributed by atoms with Gasteiger partial charge in [-0.05, 0) is 12.1 Å². The van der Waals surface area contributed by atoms with Crippen molar-refractivity contribution in [1.29, 1.82) is 0 Å². The summed E-state index contributed by atoms with van der Waals surface area (Å²) >= 11 is 0. The molecule has 0 N–H and O–H groups in total. The number of carbonyl (C=O) groups excluding carboxylic acids is 1. The zero-order valence-electron chi connectivity index (χ0n) is 14.0. The second-order valence-electron chi connectivity index (χ2n) is 5.60. The van der Waals surface area contributed by atoms with E-state index in [4.69, 9.17) is 4.74 Å². The molecule has 0 bridgehead atoms. The van der Waals surface area contributed by atoms with Crippen molar-refractivity contribution in [2.45, 2.75) is 6.54 Å². The molecule has 3 heterocycles. The van der Waals surface area contributed by atoms with Gasteiger partial charge in [-0.2, -0.15) is 5.10 Å². The molecule has 9 nitrogen and oxygen atoms in total. The van der Waals surface area contributed by atoms with Crippen LogP contribution < -0.4 is 10.5 Å². The summed E-state index contributed by atoms with van der Waals surface area (Å²) in [6.07, 6.45) is 3.40. The second-order valence-corrected chi connectivity index (χ2v) is 5.60. The number of anilines is 1. The fourth-order valence-corrected chi connectivity index (χ4v) is 2.63. The van der Waals surface area contributed by atoms with Crippen molar-refractivity contribution in [3.63, 3.8) is 0 Å². The number of carbonyl (C=O) groups is 1. The summed E-state index contributed by atoms with van der Waals surface area (Å²) in [6, 6.07) is 4.61. The maximum absolute atomic E-state index is 12.6. The summed E-state index contributed by atoms with van der Waals surface area (Å²) in [4.78, 5) is 36.6. The largest absolute Gasteiger partial charge is 0.383 e. The Hall–Kier alpha value is -2.81. The SMILES string of the molecule is COCCn1nc(C(=O)N2CCN(c3ncccn3)CC2)ccc1=O. The molecule has 2 aromatic rings. The van der Waals surface area contributed by atoms with E-state index in [0.717, 1.165) is 0 Å². The minimum absolute atomic E-state index is 0.181. The molecule has 1 amide bonds. The lowest BCUT2D eigenvalue weighted by Gasteiger charge is -2.34. The minimum Gasteiger partial charge on any atom is -0.383 e. The zero-order valence-corrected chi connectivity index (χ0v) is 14.0. The van der Waals surface area contributed by atoms with E-state index >= 15 is 0 Å². The van der Waals surface area contributed by atoms with Gasteiger partial charge in [0, 0.05) is 51.7 Å². The number of nitrogens with zero attached hydrogens (tertiary/aromatic N) is 6. The molecule has 0 aliphatic carbocycles. The van der Waals surface area contributed by atoms with Crippen LogP contribution in [0.15, 0.2) is 35.4 Å². The molecule has 3 rings (SSSR count). The molecule has 0 radical (unpaired) electrons. The Morgan fingerprint density at radius 2 is 1.88 bits per heavy atom. The van der Waals surface area contributed by atoms with Crippen LogP contribution in [0.3, 0.4) is 0 Å². The van der Waals surface area contributed by atoms with Crippen LogP contribution >= 0.6 is 0 Å². The summed E-state index contributed by atoms with van der Waals surface area (Å²) < 4.78 is 6.21. The molecular weight excluding hydrogens is 324 g/mol. The summed E-state index contributed by atoms with van der Waals surface area (Å²) in [5.41, 5.74) is 0.0137. The maximum atomic E-state index is 12.6. The number of amides is 1. The van der Waals surface area contributed by atoms with Crippen molar-refractivity contribution in [3.05, 3.63) is 46.6 Å². The lowest BCUT2D eigenvalue weighted by Crippen LogP contribution is -2.49. The Kier molecular flexibility index (Phi) is 5.34. The van der Waals surface area contributed by atoms with Crippen LogP contribution in [0.5, 0.6) is 0 Å². The van der Waals surface area contributed by atoms with Crippen LogP contribution in [0.4, 0.5) is 5.95 Å². The highest BCUT2D eigenvalue weighted by molar-refractivity contribution is 5.92.